The van der Waals surface area contributed by atoms with E-state index in [2.05, 4.69) is 14.9 Å². The maximum Gasteiger partial charge on any atom is 0.316 e. The van der Waals surface area contributed by atoms with Gasteiger partial charge in [0.1, 0.15) is 17.7 Å². The van der Waals surface area contributed by atoms with E-state index in [-0.39, 0.29) is 6.10 Å². The Hall–Kier alpha value is -2.28. The first-order valence-corrected chi connectivity index (χ1v) is 7.83. The molecule has 1 unspecified atom stereocenters. The van der Waals surface area contributed by atoms with Crippen LogP contribution in [-0.4, -0.2) is 41.2 Å². The van der Waals surface area contributed by atoms with Gasteiger partial charge in [-0.1, -0.05) is 6.07 Å². The lowest BCUT2D eigenvalue weighted by Crippen LogP contribution is -2.41. The van der Waals surface area contributed by atoms with E-state index in [0.717, 1.165) is 25.5 Å². The van der Waals surface area contributed by atoms with Crippen LogP contribution in [0.3, 0.4) is 0 Å². The minimum atomic E-state index is -0.562. The van der Waals surface area contributed by atoms with E-state index in [1.165, 1.54) is 12.1 Å². The summed E-state index contributed by atoms with van der Waals surface area (Å²) in [4.78, 5) is 10.3. The van der Waals surface area contributed by atoms with Crippen LogP contribution in [0.25, 0.3) is 0 Å². The van der Waals surface area contributed by atoms with Crippen molar-refractivity contribution in [1.82, 2.24) is 14.9 Å². The monoisotopic (exact) mass is 335 g/mol. The Bertz CT molecular complexity index is 682. The van der Waals surface area contributed by atoms with E-state index in [1.807, 2.05) is 0 Å². The van der Waals surface area contributed by atoms with Crippen LogP contribution < -0.4 is 9.47 Å². The predicted molar refractivity (Wildman–Crippen MR) is 83.9 cm³/mol. The fourth-order valence-electron chi connectivity index (χ4n) is 2.76. The number of nitrogens with zero attached hydrogens (tertiary/aromatic N) is 3. The molecule has 7 heteroatoms. The Balaban J connectivity index is 1.59. The number of methoxy groups -OCH3 is 1. The minimum absolute atomic E-state index is 0.0596. The topological polar surface area (TPSA) is 47.5 Å². The molecular formula is C17H19F2N3O2. The number of hydrogen-bond acceptors (Lipinski definition) is 5. The van der Waals surface area contributed by atoms with Gasteiger partial charge in [-0.15, -0.1) is 0 Å². The Morgan fingerprint density at radius 3 is 2.75 bits per heavy atom. The van der Waals surface area contributed by atoms with Crippen molar-refractivity contribution < 1.29 is 18.3 Å². The zero-order valence-corrected chi connectivity index (χ0v) is 13.4. The second kappa shape index (κ2) is 7.53. The molecule has 1 aliphatic rings. The molecule has 0 spiro atoms. The Morgan fingerprint density at radius 1 is 1.25 bits per heavy atom. The molecule has 1 atom stereocenters. The zero-order chi connectivity index (χ0) is 16.9. The van der Waals surface area contributed by atoms with Gasteiger partial charge in [0.05, 0.1) is 19.5 Å². The fourth-order valence-corrected chi connectivity index (χ4v) is 2.76. The third-order valence-corrected chi connectivity index (χ3v) is 3.98. The van der Waals surface area contributed by atoms with Gasteiger partial charge in [0.15, 0.2) is 5.75 Å². The summed E-state index contributed by atoms with van der Waals surface area (Å²) in [5.74, 6) is -0.510. The van der Waals surface area contributed by atoms with E-state index >= 15 is 0 Å². The number of hydrogen-bond donors (Lipinski definition) is 0. The fraction of sp³-hybridized carbons (Fsp3) is 0.412. The maximum atomic E-state index is 13.8. The van der Waals surface area contributed by atoms with Gasteiger partial charge in [-0.25, -0.2) is 8.78 Å². The number of halogens is 2. The number of benzene rings is 1. The first-order valence-electron chi connectivity index (χ1n) is 7.83. The third kappa shape index (κ3) is 4.17. The van der Waals surface area contributed by atoms with Crippen molar-refractivity contribution in [3.05, 3.63) is 47.8 Å². The summed E-state index contributed by atoms with van der Waals surface area (Å²) in [5.41, 5.74) is 0.484. The number of rotatable bonds is 5. The lowest BCUT2D eigenvalue weighted by atomic mass is 10.1. The Morgan fingerprint density at radius 2 is 2.04 bits per heavy atom. The van der Waals surface area contributed by atoms with Crippen LogP contribution in [0.2, 0.25) is 0 Å². The molecule has 0 amide bonds. The molecule has 0 aliphatic carbocycles. The summed E-state index contributed by atoms with van der Waals surface area (Å²) < 4.78 is 37.6. The lowest BCUT2D eigenvalue weighted by molar-refractivity contribution is 0.0763. The molecule has 1 saturated heterocycles. The van der Waals surface area contributed by atoms with Crippen LogP contribution in [0.5, 0.6) is 11.8 Å². The molecule has 3 rings (SSSR count). The molecule has 1 fully saturated rings. The molecule has 5 nitrogen and oxygen atoms in total. The molecule has 0 bridgehead atoms. The standard InChI is InChI=1S/C17H19F2N3O2/c1-23-15-8-20-17(21-9-15)24-14-3-2-6-22(11-14)10-12-4-5-13(18)7-16(12)19/h4-5,7-9,14H,2-3,6,10-11H2,1H3. The van der Waals surface area contributed by atoms with Crippen LogP contribution >= 0.6 is 0 Å². The van der Waals surface area contributed by atoms with Gasteiger partial charge in [0.2, 0.25) is 0 Å². The highest BCUT2D eigenvalue weighted by molar-refractivity contribution is 5.18. The van der Waals surface area contributed by atoms with E-state index in [4.69, 9.17) is 9.47 Å². The highest BCUT2D eigenvalue weighted by Gasteiger charge is 2.23. The SMILES string of the molecule is COc1cnc(OC2CCCN(Cc3ccc(F)cc3F)C2)nc1. The summed E-state index contributed by atoms with van der Waals surface area (Å²) in [6, 6.07) is 3.98. The smallest absolute Gasteiger partial charge is 0.316 e. The molecule has 24 heavy (non-hydrogen) atoms. The number of piperidine rings is 1. The van der Waals surface area contributed by atoms with Crippen molar-refractivity contribution >= 4 is 0 Å². The van der Waals surface area contributed by atoms with Crippen molar-refractivity contribution in [3.8, 4) is 11.8 Å². The number of aromatic nitrogens is 2. The summed E-state index contributed by atoms with van der Waals surface area (Å²) in [6.07, 6.45) is 4.87. The normalized spacial score (nSPS) is 18.4. The molecule has 1 aromatic carbocycles. The van der Waals surface area contributed by atoms with Crippen molar-refractivity contribution in [3.63, 3.8) is 0 Å². The molecular weight excluding hydrogens is 316 g/mol. The molecule has 0 saturated carbocycles. The van der Waals surface area contributed by atoms with Gasteiger partial charge in [-0.2, -0.15) is 9.97 Å². The van der Waals surface area contributed by atoms with E-state index in [0.29, 0.717) is 30.4 Å². The minimum Gasteiger partial charge on any atom is -0.494 e. The largest absolute Gasteiger partial charge is 0.494 e. The highest BCUT2D eigenvalue weighted by Crippen LogP contribution is 2.19. The molecule has 2 heterocycles. The second-order valence-corrected chi connectivity index (χ2v) is 5.76. The molecule has 2 aromatic rings. The molecule has 1 aliphatic heterocycles. The van der Waals surface area contributed by atoms with Gasteiger partial charge >= 0.3 is 6.01 Å². The first-order chi connectivity index (χ1) is 11.6. The maximum absolute atomic E-state index is 13.8. The average molecular weight is 335 g/mol. The summed E-state index contributed by atoms with van der Waals surface area (Å²) >= 11 is 0. The van der Waals surface area contributed by atoms with Gasteiger partial charge in [0, 0.05) is 24.7 Å². The van der Waals surface area contributed by atoms with Crippen LogP contribution in [0.4, 0.5) is 8.78 Å². The van der Waals surface area contributed by atoms with Gasteiger partial charge in [0.25, 0.3) is 0 Å². The van der Waals surface area contributed by atoms with Crippen molar-refractivity contribution in [2.24, 2.45) is 0 Å². The van der Waals surface area contributed by atoms with E-state index in [9.17, 15) is 8.78 Å². The Kier molecular flexibility index (Phi) is 5.20. The van der Waals surface area contributed by atoms with Gasteiger partial charge in [-0.3, -0.25) is 4.90 Å². The van der Waals surface area contributed by atoms with Gasteiger partial charge in [-0.05, 0) is 25.5 Å². The third-order valence-electron chi connectivity index (χ3n) is 3.98. The van der Waals surface area contributed by atoms with Crippen LogP contribution in [-0.2, 0) is 6.54 Å². The average Bonchev–Trinajstić information content (AvgIpc) is 2.58. The van der Waals surface area contributed by atoms with E-state index < -0.39 is 11.6 Å². The van der Waals surface area contributed by atoms with Crippen LogP contribution in [0.1, 0.15) is 18.4 Å². The van der Waals surface area contributed by atoms with Gasteiger partial charge < -0.3 is 9.47 Å². The number of ether oxygens (including phenoxy) is 2. The summed E-state index contributed by atoms with van der Waals surface area (Å²) in [6.45, 7) is 1.92. The quantitative estimate of drug-likeness (QED) is 0.841. The molecule has 0 N–H and O–H groups in total. The lowest BCUT2D eigenvalue weighted by Gasteiger charge is -2.32. The zero-order valence-electron chi connectivity index (χ0n) is 13.4. The molecule has 0 radical (unpaired) electrons. The van der Waals surface area contributed by atoms with Crippen LogP contribution in [0.15, 0.2) is 30.6 Å². The second-order valence-electron chi connectivity index (χ2n) is 5.76. The van der Waals surface area contributed by atoms with Crippen molar-refractivity contribution in [1.29, 1.82) is 0 Å². The summed E-state index contributed by atoms with van der Waals surface area (Å²) in [7, 11) is 1.55. The van der Waals surface area contributed by atoms with Crippen LogP contribution in [0, 0.1) is 11.6 Å². The summed E-state index contributed by atoms with van der Waals surface area (Å²) in [5, 5.41) is 0. The predicted octanol–water partition coefficient (Wildman–Crippen LogP) is 2.81. The Labute approximate surface area is 139 Å². The van der Waals surface area contributed by atoms with E-state index in [1.54, 1.807) is 19.5 Å². The van der Waals surface area contributed by atoms with Crippen molar-refractivity contribution in [2.45, 2.75) is 25.5 Å². The molecule has 1 aromatic heterocycles. The molecule has 128 valence electrons. The van der Waals surface area contributed by atoms with Crippen molar-refractivity contribution in [2.75, 3.05) is 20.2 Å². The highest BCUT2D eigenvalue weighted by atomic mass is 19.1. The number of likely N-dealkylation sites (tertiary alicyclic amines) is 1. The first kappa shape index (κ1) is 16.6.